The van der Waals surface area contributed by atoms with Gasteiger partial charge in [-0.15, -0.1) is 0 Å². The maximum atomic E-state index is 11.8. The summed E-state index contributed by atoms with van der Waals surface area (Å²) in [7, 11) is 0. The smallest absolute Gasteiger partial charge is 0.118 e. The van der Waals surface area contributed by atoms with Crippen LogP contribution >= 0.6 is 0 Å². The topological polar surface area (TPSA) is 20.2 Å². The van der Waals surface area contributed by atoms with Crippen molar-refractivity contribution in [2.24, 2.45) is 5.92 Å². The number of aliphatic hydroxyl groups is 1. The largest absolute Gasteiger partial charge is 0.380 e. The molecule has 0 spiro atoms. The first-order valence-corrected chi connectivity index (χ1v) is 8.66. The molecule has 0 fully saturated rings. The van der Waals surface area contributed by atoms with Crippen molar-refractivity contribution in [2.75, 3.05) is 0 Å². The maximum Gasteiger partial charge on any atom is 0.118 e. The van der Waals surface area contributed by atoms with E-state index in [4.69, 9.17) is 0 Å². The van der Waals surface area contributed by atoms with Gasteiger partial charge in [0.15, 0.2) is 0 Å². The average Bonchev–Trinajstić information content (AvgIpc) is 2.81. The number of hydrogen-bond acceptors (Lipinski definition) is 1. The van der Waals surface area contributed by atoms with Crippen LogP contribution in [0.2, 0.25) is 0 Å². The molecule has 0 aliphatic heterocycles. The fourth-order valence-electron chi connectivity index (χ4n) is 3.81. The van der Waals surface area contributed by atoms with Gasteiger partial charge < -0.3 is 5.11 Å². The minimum Gasteiger partial charge on any atom is -0.380 e. The zero-order chi connectivity index (χ0) is 17.3. The second-order valence-electron chi connectivity index (χ2n) is 6.95. The normalized spacial score (nSPS) is 18.5. The standard InChI is InChI=1S/C23H26O/c1-16-17(2)19(4)22(18(16)3)15-23(24,20-11-7-5-8-12-20)21-13-9-6-10-14-21/h5-14,18,24H,15H2,1-4H3. The predicted octanol–water partition coefficient (Wildman–Crippen LogP) is 5.62. The SMILES string of the molecule is CC1=C(C)C(C)C(CC(O)(c2ccccc2)c2ccccc2)=C1C. The van der Waals surface area contributed by atoms with E-state index in [0.29, 0.717) is 12.3 Å². The van der Waals surface area contributed by atoms with Crippen molar-refractivity contribution in [3.8, 4) is 0 Å². The van der Waals surface area contributed by atoms with Crippen molar-refractivity contribution in [1.29, 1.82) is 0 Å². The van der Waals surface area contributed by atoms with E-state index in [1.807, 2.05) is 60.7 Å². The van der Waals surface area contributed by atoms with Crippen molar-refractivity contribution in [2.45, 2.75) is 39.7 Å². The molecule has 1 heteroatoms. The van der Waals surface area contributed by atoms with Crippen LogP contribution in [0.1, 0.15) is 45.2 Å². The highest BCUT2D eigenvalue weighted by Gasteiger charge is 2.36. The van der Waals surface area contributed by atoms with Crippen LogP contribution in [0.15, 0.2) is 83.0 Å². The second kappa shape index (κ2) is 6.41. The molecule has 0 aromatic heterocycles. The predicted molar refractivity (Wildman–Crippen MR) is 101 cm³/mol. The van der Waals surface area contributed by atoms with E-state index in [0.717, 1.165) is 11.1 Å². The summed E-state index contributed by atoms with van der Waals surface area (Å²) < 4.78 is 0. The molecule has 0 bridgehead atoms. The Kier molecular flexibility index (Phi) is 4.47. The molecule has 3 rings (SSSR count). The summed E-state index contributed by atoms with van der Waals surface area (Å²) in [5, 5.41) is 11.8. The zero-order valence-electron chi connectivity index (χ0n) is 15.0. The van der Waals surface area contributed by atoms with E-state index in [-0.39, 0.29) is 0 Å². The summed E-state index contributed by atoms with van der Waals surface area (Å²) >= 11 is 0. The summed E-state index contributed by atoms with van der Waals surface area (Å²) in [4.78, 5) is 0. The lowest BCUT2D eigenvalue weighted by atomic mass is 9.78. The number of rotatable bonds is 4. The van der Waals surface area contributed by atoms with Crippen LogP contribution in [0, 0.1) is 5.92 Å². The molecule has 0 heterocycles. The highest BCUT2D eigenvalue weighted by Crippen LogP contribution is 2.44. The summed E-state index contributed by atoms with van der Waals surface area (Å²) in [6.07, 6.45) is 0.628. The molecule has 0 saturated carbocycles. The van der Waals surface area contributed by atoms with Crippen molar-refractivity contribution in [3.63, 3.8) is 0 Å². The third kappa shape index (κ3) is 2.74. The van der Waals surface area contributed by atoms with Gasteiger partial charge in [-0.3, -0.25) is 0 Å². The Labute approximate surface area is 145 Å². The number of hydrogen-bond donors (Lipinski definition) is 1. The minimum absolute atomic E-state index is 0.393. The van der Waals surface area contributed by atoms with Crippen LogP contribution < -0.4 is 0 Å². The molecular formula is C23H26O. The first-order valence-electron chi connectivity index (χ1n) is 8.66. The van der Waals surface area contributed by atoms with Gasteiger partial charge in [0.1, 0.15) is 5.60 Å². The van der Waals surface area contributed by atoms with E-state index < -0.39 is 5.60 Å². The lowest BCUT2D eigenvalue weighted by Gasteiger charge is -2.32. The Hall–Kier alpha value is -2.12. The Bertz CT molecular complexity index is 742. The molecule has 1 N–H and O–H groups in total. The van der Waals surface area contributed by atoms with Crippen LogP contribution in [-0.2, 0) is 5.60 Å². The quantitative estimate of drug-likeness (QED) is 0.776. The van der Waals surface area contributed by atoms with Gasteiger partial charge in [-0.05, 0) is 49.0 Å². The van der Waals surface area contributed by atoms with Crippen LogP contribution in [0.4, 0.5) is 0 Å². The van der Waals surface area contributed by atoms with Gasteiger partial charge in [0.05, 0.1) is 0 Å². The Morgan fingerprint density at radius 1 is 0.792 bits per heavy atom. The molecule has 1 aliphatic rings. The highest BCUT2D eigenvalue weighted by molar-refractivity contribution is 5.49. The van der Waals surface area contributed by atoms with Gasteiger partial charge in [0, 0.05) is 6.42 Å². The summed E-state index contributed by atoms with van der Waals surface area (Å²) in [5.41, 5.74) is 6.38. The fraction of sp³-hybridized carbons (Fsp3) is 0.304. The van der Waals surface area contributed by atoms with Gasteiger partial charge in [-0.25, -0.2) is 0 Å². The van der Waals surface area contributed by atoms with Gasteiger partial charge >= 0.3 is 0 Å². The molecule has 0 saturated heterocycles. The first kappa shape index (κ1) is 16.7. The van der Waals surface area contributed by atoms with Crippen LogP contribution in [0.25, 0.3) is 0 Å². The van der Waals surface area contributed by atoms with Crippen LogP contribution in [0.3, 0.4) is 0 Å². The number of allylic oxidation sites excluding steroid dienone is 3. The van der Waals surface area contributed by atoms with Crippen LogP contribution in [0.5, 0.6) is 0 Å². The number of benzene rings is 2. The average molecular weight is 318 g/mol. The van der Waals surface area contributed by atoms with Gasteiger partial charge in [0.25, 0.3) is 0 Å². The highest BCUT2D eigenvalue weighted by atomic mass is 16.3. The van der Waals surface area contributed by atoms with E-state index in [2.05, 4.69) is 27.7 Å². The van der Waals surface area contributed by atoms with Crippen molar-refractivity contribution in [1.82, 2.24) is 0 Å². The molecule has 2 aromatic carbocycles. The molecular weight excluding hydrogens is 292 g/mol. The Balaban J connectivity index is 2.09. The van der Waals surface area contributed by atoms with E-state index >= 15 is 0 Å². The van der Waals surface area contributed by atoms with Crippen molar-refractivity contribution >= 4 is 0 Å². The molecule has 124 valence electrons. The Morgan fingerprint density at radius 2 is 1.25 bits per heavy atom. The third-order valence-corrected chi connectivity index (χ3v) is 5.76. The lowest BCUT2D eigenvalue weighted by molar-refractivity contribution is 0.0791. The lowest BCUT2D eigenvalue weighted by Crippen LogP contribution is -2.29. The molecule has 1 aliphatic carbocycles. The van der Waals surface area contributed by atoms with Crippen molar-refractivity contribution in [3.05, 3.63) is 94.1 Å². The van der Waals surface area contributed by atoms with Gasteiger partial charge in [-0.2, -0.15) is 0 Å². The monoisotopic (exact) mass is 318 g/mol. The summed E-state index contributed by atoms with van der Waals surface area (Å²) in [5.74, 6) is 0.393. The van der Waals surface area contributed by atoms with E-state index in [9.17, 15) is 5.11 Å². The minimum atomic E-state index is -1.00. The van der Waals surface area contributed by atoms with Crippen molar-refractivity contribution < 1.29 is 5.11 Å². The Morgan fingerprint density at radius 3 is 1.62 bits per heavy atom. The molecule has 2 aromatic rings. The summed E-state index contributed by atoms with van der Waals surface area (Å²) in [6, 6.07) is 20.1. The second-order valence-corrected chi connectivity index (χ2v) is 6.95. The molecule has 0 radical (unpaired) electrons. The molecule has 1 unspecified atom stereocenters. The van der Waals surface area contributed by atoms with E-state index in [1.54, 1.807) is 0 Å². The summed E-state index contributed by atoms with van der Waals surface area (Å²) in [6.45, 7) is 8.84. The van der Waals surface area contributed by atoms with Crippen LogP contribution in [-0.4, -0.2) is 5.11 Å². The van der Waals surface area contributed by atoms with Gasteiger partial charge in [-0.1, -0.05) is 78.7 Å². The molecule has 24 heavy (non-hydrogen) atoms. The molecule has 1 nitrogen and oxygen atoms in total. The van der Waals surface area contributed by atoms with E-state index in [1.165, 1.54) is 22.3 Å². The molecule has 1 atom stereocenters. The first-order chi connectivity index (χ1) is 11.4. The zero-order valence-corrected chi connectivity index (χ0v) is 15.0. The fourth-order valence-corrected chi connectivity index (χ4v) is 3.81. The maximum absolute atomic E-state index is 11.8. The third-order valence-electron chi connectivity index (χ3n) is 5.76. The van der Waals surface area contributed by atoms with Gasteiger partial charge in [0.2, 0.25) is 0 Å². The molecule has 0 amide bonds.